The molecule has 0 bridgehead atoms. The van der Waals surface area contributed by atoms with Gasteiger partial charge in [0.05, 0.1) is 12.0 Å². The zero-order valence-corrected chi connectivity index (χ0v) is 6.74. The van der Waals surface area contributed by atoms with Crippen LogP contribution in [-0.4, -0.2) is 11.7 Å². The summed E-state index contributed by atoms with van der Waals surface area (Å²) < 4.78 is 5.12. The van der Waals surface area contributed by atoms with Gasteiger partial charge in [0.15, 0.2) is 17.5 Å². The number of para-hydroxylation sites is 1. The Bertz CT molecular complexity index is 414. The van der Waals surface area contributed by atoms with Gasteiger partial charge >= 0.3 is 0 Å². The molecule has 1 aromatic carbocycles. The summed E-state index contributed by atoms with van der Waals surface area (Å²) in [6.45, 7) is 0. The van der Waals surface area contributed by atoms with E-state index in [0.717, 1.165) is 0 Å². The van der Waals surface area contributed by atoms with Crippen LogP contribution in [0, 0.1) is 0 Å². The zero-order chi connectivity index (χ0) is 9.26. The molecule has 0 fully saturated rings. The molecule has 0 atom stereocenters. The number of carbonyl (C=O) groups excluding carboxylic acids is 2. The Labute approximate surface area is 74.6 Å². The maximum atomic E-state index is 11.4. The minimum Gasteiger partial charge on any atom is -0.449 e. The van der Waals surface area contributed by atoms with Crippen LogP contribution < -0.4 is 4.74 Å². The van der Waals surface area contributed by atoms with E-state index in [9.17, 15) is 9.59 Å². The minimum atomic E-state index is -0.0970. The van der Waals surface area contributed by atoms with Crippen molar-refractivity contribution in [3.63, 3.8) is 0 Å². The second-order valence-corrected chi connectivity index (χ2v) is 2.72. The number of ether oxygens (including phenoxy) is 1. The topological polar surface area (TPSA) is 43.4 Å². The lowest BCUT2D eigenvalue weighted by Crippen LogP contribution is -2.13. The molecule has 1 heterocycles. The van der Waals surface area contributed by atoms with Gasteiger partial charge in [0.2, 0.25) is 0 Å². The quantitative estimate of drug-likeness (QED) is 0.558. The summed E-state index contributed by atoms with van der Waals surface area (Å²) in [6, 6.07) is 6.85. The Morgan fingerprint density at radius 1 is 1.31 bits per heavy atom. The summed E-state index contributed by atoms with van der Waals surface area (Å²) in [7, 11) is 0. The summed E-state index contributed by atoms with van der Waals surface area (Å²) in [5.74, 6) is 2.00. The molecule has 0 amide bonds. The van der Waals surface area contributed by atoms with E-state index in [0.29, 0.717) is 11.3 Å². The number of Topliss-reactive ketones (excluding diaryl/α,β-unsaturated/α-hetero) is 1. The van der Waals surface area contributed by atoms with Crippen molar-refractivity contribution in [1.82, 2.24) is 0 Å². The predicted octanol–water partition coefficient (Wildman–Crippen LogP) is 1.37. The molecule has 0 aliphatic carbocycles. The van der Waals surface area contributed by atoms with Crippen molar-refractivity contribution in [3.05, 3.63) is 35.6 Å². The SMILES string of the molecule is O=C=C1CC(=O)c2ccccc2O1. The van der Waals surface area contributed by atoms with E-state index in [4.69, 9.17) is 4.74 Å². The third-order valence-electron chi connectivity index (χ3n) is 1.86. The van der Waals surface area contributed by atoms with E-state index in [-0.39, 0.29) is 18.0 Å². The van der Waals surface area contributed by atoms with E-state index < -0.39 is 0 Å². The number of hydrogen-bond acceptors (Lipinski definition) is 3. The summed E-state index contributed by atoms with van der Waals surface area (Å²) in [4.78, 5) is 21.7. The number of ketones is 1. The van der Waals surface area contributed by atoms with Crippen molar-refractivity contribution in [3.8, 4) is 5.75 Å². The Balaban J connectivity index is 2.54. The van der Waals surface area contributed by atoms with E-state index in [1.54, 1.807) is 30.2 Å². The molecule has 0 saturated heterocycles. The van der Waals surface area contributed by atoms with Gasteiger partial charge in [0.25, 0.3) is 0 Å². The number of benzene rings is 1. The van der Waals surface area contributed by atoms with Gasteiger partial charge in [-0.15, -0.1) is 0 Å². The van der Waals surface area contributed by atoms with Gasteiger partial charge in [-0.25, -0.2) is 4.79 Å². The molecule has 3 nitrogen and oxygen atoms in total. The molecule has 0 unspecified atom stereocenters. The van der Waals surface area contributed by atoms with Crippen LogP contribution in [0.4, 0.5) is 0 Å². The molecule has 0 N–H and O–H groups in total. The lowest BCUT2D eigenvalue weighted by Gasteiger charge is -2.15. The van der Waals surface area contributed by atoms with E-state index >= 15 is 0 Å². The van der Waals surface area contributed by atoms with Gasteiger partial charge in [-0.1, -0.05) is 12.1 Å². The second-order valence-electron chi connectivity index (χ2n) is 2.72. The monoisotopic (exact) mass is 174 g/mol. The third kappa shape index (κ3) is 1.25. The molecule has 1 aliphatic rings. The van der Waals surface area contributed by atoms with Crippen LogP contribution in [0.3, 0.4) is 0 Å². The first kappa shape index (κ1) is 7.77. The molecule has 2 rings (SSSR count). The number of allylic oxidation sites excluding steroid dienone is 1. The van der Waals surface area contributed by atoms with Crippen molar-refractivity contribution < 1.29 is 14.3 Å². The highest BCUT2D eigenvalue weighted by molar-refractivity contribution is 6.02. The first-order chi connectivity index (χ1) is 6.31. The van der Waals surface area contributed by atoms with E-state index in [2.05, 4.69) is 0 Å². The Morgan fingerprint density at radius 3 is 2.85 bits per heavy atom. The highest BCUT2D eigenvalue weighted by Gasteiger charge is 2.21. The van der Waals surface area contributed by atoms with Gasteiger partial charge in [-0.3, -0.25) is 4.79 Å². The standard InChI is InChI=1S/C10H6O3/c11-6-7-5-9(12)8-3-1-2-4-10(8)13-7/h1-4H,5H2. The molecule has 1 aromatic rings. The van der Waals surface area contributed by atoms with Crippen molar-refractivity contribution in [2.75, 3.05) is 0 Å². The maximum absolute atomic E-state index is 11.4. The van der Waals surface area contributed by atoms with Gasteiger partial charge < -0.3 is 4.74 Å². The Morgan fingerprint density at radius 2 is 2.08 bits per heavy atom. The highest BCUT2D eigenvalue weighted by atomic mass is 16.5. The molecule has 13 heavy (non-hydrogen) atoms. The van der Waals surface area contributed by atoms with Crippen LogP contribution in [0.1, 0.15) is 16.8 Å². The number of rotatable bonds is 0. The molecule has 1 aliphatic heterocycles. The molecule has 0 aromatic heterocycles. The van der Waals surface area contributed by atoms with E-state index in [1.807, 2.05) is 0 Å². The average Bonchev–Trinajstić information content (AvgIpc) is 2.18. The molecule has 64 valence electrons. The smallest absolute Gasteiger partial charge is 0.195 e. The van der Waals surface area contributed by atoms with Crippen molar-refractivity contribution >= 4 is 11.7 Å². The van der Waals surface area contributed by atoms with Crippen molar-refractivity contribution in [2.45, 2.75) is 6.42 Å². The fourth-order valence-corrected chi connectivity index (χ4v) is 1.25. The molecule has 0 radical (unpaired) electrons. The fourth-order valence-electron chi connectivity index (χ4n) is 1.25. The average molecular weight is 174 g/mol. The number of carbonyl (C=O) groups is 1. The molecule has 3 heteroatoms. The first-order valence-electron chi connectivity index (χ1n) is 3.85. The summed E-state index contributed by atoms with van der Waals surface area (Å²) in [5, 5.41) is 0. The lowest BCUT2D eigenvalue weighted by atomic mass is 10.0. The summed E-state index contributed by atoms with van der Waals surface area (Å²) >= 11 is 0. The van der Waals surface area contributed by atoms with Crippen LogP contribution in [-0.2, 0) is 4.79 Å². The largest absolute Gasteiger partial charge is 0.449 e. The lowest BCUT2D eigenvalue weighted by molar-refractivity contribution is 0.0965. The summed E-state index contributed by atoms with van der Waals surface area (Å²) in [5.41, 5.74) is 0.529. The normalized spacial score (nSPS) is 14.5. The van der Waals surface area contributed by atoms with Crippen molar-refractivity contribution in [2.24, 2.45) is 0 Å². The number of fused-ring (bicyclic) bond motifs is 1. The second kappa shape index (κ2) is 2.88. The fraction of sp³-hybridized carbons (Fsp3) is 0.100. The Kier molecular flexibility index (Phi) is 1.72. The van der Waals surface area contributed by atoms with Gasteiger partial charge in [-0.05, 0) is 12.1 Å². The van der Waals surface area contributed by atoms with Crippen molar-refractivity contribution in [1.29, 1.82) is 0 Å². The molecule has 0 spiro atoms. The van der Waals surface area contributed by atoms with Crippen LogP contribution in [0.2, 0.25) is 0 Å². The van der Waals surface area contributed by atoms with Crippen LogP contribution in [0.25, 0.3) is 0 Å². The van der Waals surface area contributed by atoms with Crippen LogP contribution >= 0.6 is 0 Å². The molecular weight excluding hydrogens is 168 g/mol. The highest BCUT2D eigenvalue weighted by Crippen LogP contribution is 2.27. The predicted molar refractivity (Wildman–Crippen MR) is 45.2 cm³/mol. The van der Waals surface area contributed by atoms with E-state index in [1.165, 1.54) is 0 Å². The van der Waals surface area contributed by atoms with Gasteiger partial charge in [-0.2, -0.15) is 0 Å². The van der Waals surface area contributed by atoms with Gasteiger partial charge in [0, 0.05) is 0 Å². The van der Waals surface area contributed by atoms with Crippen LogP contribution in [0.15, 0.2) is 30.0 Å². The summed E-state index contributed by atoms with van der Waals surface area (Å²) in [6.07, 6.45) is 0.0144. The third-order valence-corrected chi connectivity index (χ3v) is 1.86. The zero-order valence-electron chi connectivity index (χ0n) is 6.74. The maximum Gasteiger partial charge on any atom is 0.195 e. The number of hydrogen-bond donors (Lipinski definition) is 0. The molecule has 0 saturated carbocycles. The van der Waals surface area contributed by atoms with Gasteiger partial charge in [0.1, 0.15) is 5.75 Å². The molecular formula is C10H6O3. The minimum absolute atomic E-state index is 0.0144. The Hall–Kier alpha value is -1.86. The van der Waals surface area contributed by atoms with Crippen LogP contribution in [0.5, 0.6) is 5.75 Å². The first-order valence-corrected chi connectivity index (χ1v) is 3.85.